The number of carbonyl (C=O) groups is 2. The predicted octanol–water partition coefficient (Wildman–Crippen LogP) is 0.258. The van der Waals surface area contributed by atoms with Crippen LogP contribution in [-0.2, 0) is 11.2 Å². The number of carbonyl (C=O) groups excluding carboxylic acids is 2. The summed E-state index contributed by atoms with van der Waals surface area (Å²) in [4.78, 5) is 23.0. The topological polar surface area (TPSA) is 84.2 Å². The van der Waals surface area contributed by atoms with Gasteiger partial charge in [0.05, 0.1) is 6.42 Å². The number of hydrogen-bond acceptors (Lipinski definition) is 3. The molecule has 0 radical (unpaired) electrons. The van der Waals surface area contributed by atoms with E-state index in [2.05, 4.69) is 10.6 Å². The monoisotopic (exact) mass is 233 g/mol. The maximum absolute atomic E-state index is 11.8. The highest BCUT2D eigenvalue weighted by atomic mass is 16.2. The second-order valence-electron chi connectivity index (χ2n) is 4.21. The zero-order valence-corrected chi connectivity index (χ0v) is 9.62. The van der Waals surface area contributed by atoms with Gasteiger partial charge in [-0.15, -0.1) is 0 Å². The molecule has 1 aliphatic rings. The maximum Gasteiger partial charge on any atom is 0.251 e. The molecule has 1 aromatic rings. The third-order valence-electron chi connectivity index (χ3n) is 2.73. The Morgan fingerprint density at radius 2 is 2.35 bits per heavy atom. The molecule has 1 atom stereocenters. The standard InChI is InChI=1S/C12H15N3O2/c1-7(6-13)14-12(17)9-3-2-8-5-11(16)15-10(8)4-9/h2-4,7H,5-6,13H2,1H3,(H,14,17)(H,15,16)/t7-/m1/s1. The maximum atomic E-state index is 11.8. The quantitative estimate of drug-likeness (QED) is 0.700. The SMILES string of the molecule is C[C@H](CN)NC(=O)c1ccc2c(c1)NC(=O)C2. The number of nitrogens with two attached hydrogens (primary N) is 1. The van der Waals surface area contributed by atoms with Gasteiger partial charge in [0.1, 0.15) is 0 Å². The second-order valence-corrected chi connectivity index (χ2v) is 4.21. The Labute approximate surface area is 99.4 Å². The molecule has 2 amide bonds. The molecule has 0 aliphatic carbocycles. The van der Waals surface area contributed by atoms with E-state index in [1.807, 2.05) is 6.92 Å². The molecule has 0 aromatic heterocycles. The highest BCUT2D eigenvalue weighted by Crippen LogP contribution is 2.23. The van der Waals surface area contributed by atoms with Crippen LogP contribution in [0.3, 0.4) is 0 Å². The lowest BCUT2D eigenvalue weighted by molar-refractivity contribution is -0.115. The average molecular weight is 233 g/mol. The molecule has 0 unspecified atom stereocenters. The molecule has 1 heterocycles. The van der Waals surface area contributed by atoms with Crippen molar-refractivity contribution >= 4 is 17.5 Å². The number of benzene rings is 1. The van der Waals surface area contributed by atoms with Gasteiger partial charge in [-0.2, -0.15) is 0 Å². The van der Waals surface area contributed by atoms with E-state index in [0.29, 0.717) is 18.5 Å². The summed E-state index contributed by atoms with van der Waals surface area (Å²) in [5, 5.41) is 5.49. The smallest absolute Gasteiger partial charge is 0.251 e. The van der Waals surface area contributed by atoms with E-state index < -0.39 is 0 Å². The summed E-state index contributed by atoms with van der Waals surface area (Å²) in [6.07, 6.45) is 0.385. The Kier molecular flexibility index (Phi) is 3.10. The fraction of sp³-hybridized carbons (Fsp3) is 0.333. The Morgan fingerprint density at radius 1 is 1.59 bits per heavy atom. The van der Waals surface area contributed by atoms with Gasteiger partial charge in [0.25, 0.3) is 5.91 Å². The first-order valence-electron chi connectivity index (χ1n) is 5.54. The molecular formula is C12H15N3O2. The van der Waals surface area contributed by atoms with Crippen molar-refractivity contribution in [3.05, 3.63) is 29.3 Å². The first-order valence-corrected chi connectivity index (χ1v) is 5.54. The van der Waals surface area contributed by atoms with E-state index in [-0.39, 0.29) is 17.9 Å². The molecular weight excluding hydrogens is 218 g/mol. The Balaban J connectivity index is 2.16. The van der Waals surface area contributed by atoms with Gasteiger partial charge in [-0.25, -0.2) is 0 Å². The number of nitrogens with one attached hydrogen (secondary N) is 2. The van der Waals surface area contributed by atoms with Gasteiger partial charge >= 0.3 is 0 Å². The highest BCUT2D eigenvalue weighted by molar-refractivity contribution is 6.02. The predicted molar refractivity (Wildman–Crippen MR) is 64.8 cm³/mol. The fourth-order valence-corrected chi connectivity index (χ4v) is 1.72. The van der Waals surface area contributed by atoms with E-state index in [4.69, 9.17) is 5.73 Å². The molecule has 0 spiro atoms. The van der Waals surface area contributed by atoms with Crippen molar-refractivity contribution in [2.45, 2.75) is 19.4 Å². The summed E-state index contributed by atoms with van der Waals surface area (Å²) in [6.45, 7) is 2.24. The number of amides is 2. The minimum absolute atomic E-state index is 0.0344. The average Bonchev–Trinajstić information content (AvgIpc) is 2.67. The molecule has 1 aromatic carbocycles. The van der Waals surface area contributed by atoms with Crippen LogP contribution in [0.2, 0.25) is 0 Å². The van der Waals surface area contributed by atoms with E-state index in [1.165, 1.54) is 0 Å². The molecule has 90 valence electrons. The van der Waals surface area contributed by atoms with Gasteiger partial charge in [0.15, 0.2) is 0 Å². The largest absolute Gasteiger partial charge is 0.348 e. The molecule has 0 bridgehead atoms. The van der Waals surface area contributed by atoms with Crippen molar-refractivity contribution in [2.75, 3.05) is 11.9 Å². The lowest BCUT2D eigenvalue weighted by atomic mass is 10.1. The number of fused-ring (bicyclic) bond motifs is 1. The lowest BCUT2D eigenvalue weighted by Crippen LogP contribution is -2.37. The molecule has 1 aliphatic heterocycles. The van der Waals surface area contributed by atoms with Crippen molar-refractivity contribution in [3.8, 4) is 0 Å². The number of rotatable bonds is 3. The Hall–Kier alpha value is -1.88. The first kappa shape index (κ1) is 11.6. The molecule has 4 N–H and O–H groups in total. The molecule has 2 rings (SSSR count). The summed E-state index contributed by atoms with van der Waals surface area (Å²) in [7, 11) is 0. The van der Waals surface area contributed by atoms with Gasteiger partial charge in [-0.05, 0) is 24.6 Å². The zero-order valence-electron chi connectivity index (χ0n) is 9.62. The number of hydrogen-bond donors (Lipinski definition) is 3. The van der Waals surface area contributed by atoms with E-state index >= 15 is 0 Å². The molecule has 5 nitrogen and oxygen atoms in total. The van der Waals surface area contributed by atoms with Crippen molar-refractivity contribution in [1.82, 2.24) is 5.32 Å². The molecule has 0 saturated carbocycles. The van der Waals surface area contributed by atoms with Crippen LogP contribution in [0.4, 0.5) is 5.69 Å². The zero-order chi connectivity index (χ0) is 12.4. The van der Waals surface area contributed by atoms with E-state index in [9.17, 15) is 9.59 Å². The Morgan fingerprint density at radius 3 is 3.06 bits per heavy atom. The molecule has 5 heteroatoms. The highest BCUT2D eigenvalue weighted by Gasteiger charge is 2.19. The minimum atomic E-state index is -0.174. The van der Waals surface area contributed by atoms with Gasteiger partial charge in [-0.3, -0.25) is 9.59 Å². The minimum Gasteiger partial charge on any atom is -0.348 e. The second kappa shape index (κ2) is 4.55. The van der Waals surface area contributed by atoms with Crippen molar-refractivity contribution in [1.29, 1.82) is 0 Å². The molecule has 17 heavy (non-hydrogen) atoms. The van der Waals surface area contributed by atoms with Crippen LogP contribution in [0, 0.1) is 0 Å². The van der Waals surface area contributed by atoms with E-state index in [0.717, 1.165) is 11.3 Å². The Bertz CT molecular complexity index is 471. The van der Waals surface area contributed by atoms with Crippen LogP contribution in [0.25, 0.3) is 0 Å². The van der Waals surface area contributed by atoms with Crippen molar-refractivity contribution in [3.63, 3.8) is 0 Å². The van der Waals surface area contributed by atoms with Crippen LogP contribution in [0.15, 0.2) is 18.2 Å². The van der Waals surface area contributed by atoms with Crippen LogP contribution < -0.4 is 16.4 Å². The summed E-state index contributed by atoms with van der Waals surface area (Å²) < 4.78 is 0. The lowest BCUT2D eigenvalue weighted by Gasteiger charge is -2.11. The van der Waals surface area contributed by atoms with Crippen LogP contribution in [0.5, 0.6) is 0 Å². The van der Waals surface area contributed by atoms with Gasteiger partial charge in [0.2, 0.25) is 5.91 Å². The molecule has 0 saturated heterocycles. The van der Waals surface area contributed by atoms with Crippen LogP contribution in [-0.4, -0.2) is 24.4 Å². The summed E-state index contributed by atoms with van der Waals surface area (Å²) in [6, 6.07) is 5.15. The summed E-state index contributed by atoms with van der Waals surface area (Å²) in [5.41, 5.74) is 7.62. The molecule has 0 fully saturated rings. The summed E-state index contributed by atoms with van der Waals surface area (Å²) in [5.74, 6) is -0.209. The van der Waals surface area contributed by atoms with E-state index in [1.54, 1.807) is 18.2 Å². The van der Waals surface area contributed by atoms with Crippen LogP contribution in [0.1, 0.15) is 22.8 Å². The summed E-state index contributed by atoms with van der Waals surface area (Å²) >= 11 is 0. The fourth-order valence-electron chi connectivity index (χ4n) is 1.72. The van der Waals surface area contributed by atoms with Gasteiger partial charge in [0, 0.05) is 23.8 Å². The van der Waals surface area contributed by atoms with Crippen molar-refractivity contribution in [2.24, 2.45) is 5.73 Å². The van der Waals surface area contributed by atoms with Gasteiger partial charge in [-0.1, -0.05) is 6.07 Å². The van der Waals surface area contributed by atoms with Crippen molar-refractivity contribution < 1.29 is 9.59 Å². The first-order chi connectivity index (χ1) is 8.10. The number of anilines is 1. The third-order valence-corrected chi connectivity index (χ3v) is 2.73. The third kappa shape index (κ3) is 2.45. The van der Waals surface area contributed by atoms with Gasteiger partial charge < -0.3 is 16.4 Å². The van der Waals surface area contributed by atoms with Crippen LogP contribution >= 0.6 is 0 Å². The normalized spacial score (nSPS) is 15.1.